The van der Waals surface area contributed by atoms with E-state index in [0.29, 0.717) is 6.42 Å². The first kappa shape index (κ1) is 14.5. The number of nitriles is 1. The van der Waals surface area contributed by atoms with E-state index in [-0.39, 0.29) is 17.5 Å². The van der Waals surface area contributed by atoms with Gasteiger partial charge in [-0.2, -0.15) is 5.26 Å². The van der Waals surface area contributed by atoms with Crippen molar-refractivity contribution in [1.82, 2.24) is 9.55 Å². The summed E-state index contributed by atoms with van der Waals surface area (Å²) in [6.07, 6.45) is 0.300. The standard InChI is InChI=1S/C16H22N4/c1-11(18)15(16(2,3)4)20-13-8-6-5-7-12(13)19-14(20)9-10-17/h5-8,11,15H,9,18H2,1-4H3. The fourth-order valence-corrected chi connectivity index (χ4v) is 3.01. The summed E-state index contributed by atoms with van der Waals surface area (Å²) in [6.45, 7) is 8.53. The van der Waals surface area contributed by atoms with Gasteiger partial charge < -0.3 is 10.3 Å². The zero-order valence-electron chi connectivity index (χ0n) is 12.6. The maximum atomic E-state index is 9.06. The molecular weight excluding hydrogens is 248 g/mol. The normalized spacial score (nSPS) is 15.0. The fourth-order valence-electron chi connectivity index (χ4n) is 3.01. The van der Waals surface area contributed by atoms with Crippen molar-refractivity contribution >= 4 is 11.0 Å². The molecule has 2 rings (SSSR count). The number of nitrogens with two attached hydrogens (primary N) is 1. The van der Waals surface area contributed by atoms with Crippen molar-refractivity contribution in [2.45, 2.75) is 46.2 Å². The minimum atomic E-state index is -0.0231. The Morgan fingerprint density at radius 1 is 1.35 bits per heavy atom. The van der Waals surface area contributed by atoms with Crippen molar-refractivity contribution in [3.63, 3.8) is 0 Å². The molecule has 1 heterocycles. The van der Waals surface area contributed by atoms with Crippen molar-refractivity contribution in [3.8, 4) is 6.07 Å². The van der Waals surface area contributed by atoms with Crippen LogP contribution < -0.4 is 5.73 Å². The largest absolute Gasteiger partial charge is 0.326 e. The molecule has 0 fully saturated rings. The van der Waals surface area contributed by atoms with Crippen LogP contribution in [0.5, 0.6) is 0 Å². The van der Waals surface area contributed by atoms with Crippen LogP contribution in [0.1, 0.15) is 39.6 Å². The Kier molecular flexibility index (Phi) is 3.82. The predicted molar refractivity (Wildman–Crippen MR) is 81.2 cm³/mol. The number of fused-ring (bicyclic) bond motifs is 1. The van der Waals surface area contributed by atoms with Gasteiger partial charge in [-0.25, -0.2) is 4.98 Å². The van der Waals surface area contributed by atoms with Crippen molar-refractivity contribution in [1.29, 1.82) is 5.26 Å². The molecule has 1 aromatic heterocycles. The molecule has 0 amide bonds. The van der Waals surface area contributed by atoms with Gasteiger partial charge in [0, 0.05) is 6.04 Å². The van der Waals surface area contributed by atoms with Crippen LogP contribution in [-0.4, -0.2) is 15.6 Å². The maximum absolute atomic E-state index is 9.06. The Bertz CT molecular complexity index is 641. The summed E-state index contributed by atoms with van der Waals surface area (Å²) in [6, 6.07) is 10.3. The van der Waals surface area contributed by atoms with Gasteiger partial charge in [-0.1, -0.05) is 32.9 Å². The molecule has 0 spiro atoms. The van der Waals surface area contributed by atoms with Crippen molar-refractivity contribution in [2.24, 2.45) is 11.1 Å². The van der Waals surface area contributed by atoms with E-state index in [1.165, 1.54) is 0 Å². The number of hydrogen-bond acceptors (Lipinski definition) is 3. The highest BCUT2D eigenvalue weighted by Crippen LogP contribution is 2.36. The fraction of sp³-hybridized carbons (Fsp3) is 0.500. The number of imidazole rings is 1. The summed E-state index contributed by atoms with van der Waals surface area (Å²) in [5.74, 6) is 0.797. The summed E-state index contributed by atoms with van der Waals surface area (Å²) in [5.41, 5.74) is 8.20. The first-order chi connectivity index (χ1) is 9.36. The molecule has 0 aliphatic rings. The Morgan fingerprint density at radius 3 is 2.55 bits per heavy atom. The van der Waals surface area contributed by atoms with Gasteiger partial charge in [0.2, 0.25) is 0 Å². The zero-order valence-corrected chi connectivity index (χ0v) is 12.6. The highest BCUT2D eigenvalue weighted by molar-refractivity contribution is 5.76. The van der Waals surface area contributed by atoms with Crippen molar-refractivity contribution in [2.75, 3.05) is 0 Å². The number of aromatic nitrogens is 2. The number of benzene rings is 1. The summed E-state index contributed by atoms with van der Waals surface area (Å²) < 4.78 is 2.16. The Balaban J connectivity index is 2.72. The second-order valence-corrected chi connectivity index (χ2v) is 6.39. The van der Waals surface area contributed by atoms with E-state index in [1.54, 1.807) is 0 Å². The van der Waals surface area contributed by atoms with E-state index >= 15 is 0 Å². The summed E-state index contributed by atoms with van der Waals surface area (Å²) in [5, 5.41) is 9.06. The summed E-state index contributed by atoms with van der Waals surface area (Å²) in [7, 11) is 0. The van der Waals surface area contributed by atoms with Crippen LogP contribution in [0.15, 0.2) is 24.3 Å². The number of para-hydroxylation sites is 2. The third kappa shape index (κ3) is 2.54. The molecule has 20 heavy (non-hydrogen) atoms. The van der Waals surface area contributed by atoms with E-state index in [1.807, 2.05) is 31.2 Å². The molecule has 106 valence electrons. The third-order valence-electron chi connectivity index (χ3n) is 3.57. The molecule has 0 aliphatic heterocycles. The molecule has 0 aliphatic carbocycles. The highest BCUT2D eigenvalue weighted by Gasteiger charge is 2.32. The number of nitrogens with zero attached hydrogens (tertiary/aromatic N) is 3. The minimum Gasteiger partial charge on any atom is -0.326 e. The quantitative estimate of drug-likeness (QED) is 0.932. The molecule has 2 unspecified atom stereocenters. The summed E-state index contributed by atoms with van der Waals surface area (Å²) in [4.78, 5) is 4.60. The van der Waals surface area contributed by atoms with Crippen LogP contribution in [0.2, 0.25) is 0 Å². The molecule has 4 heteroatoms. The van der Waals surface area contributed by atoms with Crippen molar-refractivity contribution < 1.29 is 0 Å². The van der Waals surface area contributed by atoms with Crippen LogP contribution >= 0.6 is 0 Å². The second-order valence-electron chi connectivity index (χ2n) is 6.39. The molecule has 2 aromatic rings. The minimum absolute atomic E-state index is 0.0121. The van der Waals surface area contributed by atoms with Gasteiger partial charge in [0.15, 0.2) is 0 Å². The lowest BCUT2D eigenvalue weighted by Gasteiger charge is -2.36. The summed E-state index contributed by atoms with van der Waals surface area (Å²) >= 11 is 0. The van der Waals surface area contributed by atoms with Crippen molar-refractivity contribution in [3.05, 3.63) is 30.1 Å². The van der Waals surface area contributed by atoms with Gasteiger partial charge in [0.25, 0.3) is 0 Å². The lowest BCUT2D eigenvalue weighted by molar-refractivity contribution is 0.213. The number of rotatable bonds is 3. The van der Waals surface area contributed by atoms with Gasteiger partial charge in [0.1, 0.15) is 5.82 Å². The molecule has 0 radical (unpaired) electrons. The molecule has 2 N–H and O–H groups in total. The van der Waals surface area contributed by atoms with Gasteiger partial charge in [0.05, 0.1) is 29.6 Å². The monoisotopic (exact) mass is 270 g/mol. The lowest BCUT2D eigenvalue weighted by Crippen LogP contribution is -2.39. The molecule has 0 bridgehead atoms. The average Bonchev–Trinajstić information content (AvgIpc) is 2.67. The molecule has 0 saturated heterocycles. The second kappa shape index (κ2) is 5.26. The van der Waals surface area contributed by atoms with Gasteiger partial charge in [-0.15, -0.1) is 0 Å². The van der Waals surface area contributed by atoms with Crippen LogP contribution in [-0.2, 0) is 6.42 Å². The SMILES string of the molecule is CC(N)C(n1c(CC#N)nc2ccccc21)C(C)(C)C. The molecule has 0 saturated carbocycles. The van der Waals surface area contributed by atoms with E-state index in [0.717, 1.165) is 16.9 Å². The Morgan fingerprint density at radius 2 is 2.00 bits per heavy atom. The van der Waals surface area contributed by atoms with Crippen LogP contribution in [0.4, 0.5) is 0 Å². The van der Waals surface area contributed by atoms with E-state index in [2.05, 4.69) is 36.4 Å². The van der Waals surface area contributed by atoms with E-state index < -0.39 is 0 Å². The van der Waals surface area contributed by atoms with Gasteiger partial charge in [-0.3, -0.25) is 0 Å². The van der Waals surface area contributed by atoms with Crippen LogP contribution in [0.3, 0.4) is 0 Å². The topological polar surface area (TPSA) is 67.6 Å². The van der Waals surface area contributed by atoms with E-state index in [9.17, 15) is 0 Å². The van der Waals surface area contributed by atoms with Crippen LogP contribution in [0, 0.1) is 16.7 Å². The first-order valence-corrected chi connectivity index (χ1v) is 6.94. The predicted octanol–water partition coefficient (Wildman–Crippen LogP) is 3.04. The maximum Gasteiger partial charge on any atom is 0.124 e. The average molecular weight is 270 g/mol. The Hall–Kier alpha value is -1.86. The van der Waals surface area contributed by atoms with Crippen LogP contribution in [0.25, 0.3) is 11.0 Å². The molecule has 4 nitrogen and oxygen atoms in total. The zero-order chi connectivity index (χ0) is 14.9. The van der Waals surface area contributed by atoms with E-state index in [4.69, 9.17) is 11.0 Å². The van der Waals surface area contributed by atoms with Gasteiger partial charge in [-0.05, 0) is 24.5 Å². The molecular formula is C16H22N4. The Labute approximate surface area is 120 Å². The molecule has 1 aromatic carbocycles. The number of hydrogen-bond donors (Lipinski definition) is 1. The highest BCUT2D eigenvalue weighted by atomic mass is 15.1. The first-order valence-electron chi connectivity index (χ1n) is 6.94. The molecule has 2 atom stereocenters. The third-order valence-corrected chi connectivity index (χ3v) is 3.57. The smallest absolute Gasteiger partial charge is 0.124 e. The van der Waals surface area contributed by atoms with Gasteiger partial charge >= 0.3 is 0 Å². The lowest BCUT2D eigenvalue weighted by atomic mass is 9.82.